The first-order chi connectivity index (χ1) is 12.3. The first-order valence-electron chi connectivity index (χ1n) is 9.12. The van der Waals surface area contributed by atoms with Crippen molar-refractivity contribution in [2.75, 3.05) is 13.2 Å². The average Bonchev–Trinajstić information content (AvgIpc) is 3.08. The van der Waals surface area contributed by atoms with Crippen molar-refractivity contribution in [1.29, 1.82) is 0 Å². The molecule has 5 nitrogen and oxygen atoms in total. The second kappa shape index (κ2) is 6.45. The summed E-state index contributed by atoms with van der Waals surface area (Å²) in [5.74, 6) is -0.790. The molecule has 1 heterocycles. The van der Waals surface area contributed by atoms with Gasteiger partial charge in [-0.3, -0.25) is 9.59 Å². The van der Waals surface area contributed by atoms with E-state index in [1.165, 1.54) is 0 Å². The van der Waals surface area contributed by atoms with Crippen LogP contribution in [-0.2, 0) is 25.5 Å². The van der Waals surface area contributed by atoms with Gasteiger partial charge in [0.1, 0.15) is 11.3 Å². The molecule has 0 radical (unpaired) electrons. The summed E-state index contributed by atoms with van der Waals surface area (Å²) >= 11 is 0. The van der Waals surface area contributed by atoms with E-state index in [9.17, 15) is 9.59 Å². The molecule has 26 heavy (non-hydrogen) atoms. The van der Waals surface area contributed by atoms with E-state index in [4.69, 9.17) is 13.9 Å². The van der Waals surface area contributed by atoms with Crippen LogP contribution in [0.5, 0.6) is 0 Å². The molecule has 0 amide bonds. The van der Waals surface area contributed by atoms with Gasteiger partial charge in [-0.15, -0.1) is 0 Å². The number of para-hydroxylation sites is 1. The number of furan rings is 1. The SMILES string of the molecule is CCOC(=O)C1(C(=O)OCC)Cc2oc3ccccc3c2C1C(C)(C)C. The zero-order chi connectivity index (χ0) is 19.1. The Kier molecular flexibility index (Phi) is 4.59. The Morgan fingerprint density at radius 1 is 1.12 bits per heavy atom. The number of rotatable bonds is 4. The van der Waals surface area contributed by atoms with Crippen LogP contribution >= 0.6 is 0 Å². The highest BCUT2D eigenvalue weighted by Gasteiger charge is 2.64. The maximum atomic E-state index is 13.1. The Morgan fingerprint density at radius 3 is 2.23 bits per heavy atom. The fourth-order valence-electron chi connectivity index (χ4n) is 4.32. The predicted molar refractivity (Wildman–Crippen MR) is 97.8 cm³/mol. The maximum Gasteiger partial charge on any atom is 0.324 e. The predicted octanol–water partition coefficient (Wildman–Crippen LogP) is 4.23. The third-order valence-electron chi connectivity index (χ3n) is 5.08. The summed E-state index contributed by atoms with van der Waals surface area (Å²) in [7, 11) is 0. The lowest BCUT2D eigenvalue weighted by molar-refractivity contribution is -0.175. The molecule has 1 aromatic carbocycles. The highest BCUT2D eigenvalue weighted by molar-refractivity contribution is 6.04. The van der Waals surface area contributed by atoms with Gasteiger partial charge in [-0.1, -0.05) is 39.0 Å². The van der Waals surface area contributed by atoms with Crippen LogP contribution in [-0.4, -0.2) is 25.2 Å². The molecule has 0 bridgehead atoms. The van der Waals surface area contributed by atoms with Gasteiger partial charge in [-0.05, 0) is 25.3 Å². The summed E-state index contributed by atoms with van der Waals surface area (Å²) < 4.78 is 16.7. The van der Waals surface area contributed by atoms with Gasteiger partial charge in [0.2, 0.25) is 0 Å². The molecule has 1 aliphatic carbocycles. The summed E-state index contributed by atoms with van der Waals surface area (Å²) in [4.78, 5) is 26.2. The third kappa shape index (κ3) is 2.61. The smallest absolute Gasteiger partial charge is 0.324 e. The number of carbonyl (C=O) groups is 2. The van der Waals surface area contributed by atoms with Gasteiger partial charge in [-0.2, -0.15) is 0 Å². The number of hydrogen-bond donors (Lipinski definition) is 0. The van der Waals surface area contributed by atoms with Crippen LogP contribution in [0.2, 0.25) is 0 Å². The average molecular weight is 358 g/mol. The molecule has 1 unspecified atom stereocenters. The summed E-state index contributed by atoms with van der Waals surface area (Å²) in [5.41, 5.74) is -0.0952. The van der Waals surface area contributed by atoms with Crippen molar-refractivity contribution < 1.29 is 23.5 Å². The molecule has 0 fully saturated rings. The van der Waals surface area contributed by atoms with Crippen molar-refractivity contribution in [2.24, 2.45) is 10.8 Å². The lowest BCUT2D eigenvalue weighted by atomic mass is 9.63. The largest absolute Gasteiger partial charge is 0.465 e. The molecule has 140 valence electrons. The molecule has 5 heteroatoms. The molecule has 0 aliphatic heterocycles. The molecule has 1 atom stereocenters. The summed E-state index contributed by atoms with van der Waals surface area (Å²) in [5, 5.41) is 0.942. The van der Waals surface area contributed by atoms with Crippen LogP contribution < -0.4 is 0 Å². The second-order valence-corrected chi connectivity index (χ2v) is 7.82. The number of esters is 2. The van der Waals surface area contributed by atoms with Crippen LogP contribution in [0, 0.1) is 10.8 Å². The van der Waals surface area contributed by atoms with E-state index in [0.29, 0.717) is 5.76 Å². The standard InChI is InChI=1S/C21H26O5/c1-6-24-18(22)21(19(23)25-7-2)12-15-16(17(21)20(3,4)5)13-10-8-9-11-14(13)26-15/h8-11,17H,6-7,12H2,1-5H3. The monoisotopic (exact) mass is 358 g/mol. The first-order valence-corrected chi connectivity index (χ1v) is 9.12. The van der Waals surface area contributed by atoms with E-state index in [-0.39, 0.29) is 25.0 Å². The number of carbonyl (C=O) groups excluding carboxylic acids is 2. The van der Waals surface area contributed by atoms with Crippen molar-refractivity contribution in [3.8, 4) is 0 Å². The van der Waals surface area contributed by atoms with Gasteiger partial charge in [0.15, 0.2) is 5.41 Å². The van der Waals surface area contributed by atoms with Crippen LogP contribution in [0.1, 0.15) is 51.9 Å². The van der Waals surface area contributed by atoms with Crippen molar-refractivity contribution in [2.45, 2.75) is 47.0 Å². The van der Waals surface area contributed by atoms with Crippen molar-refractivity contribution >= 4 is 22.9 Å². The Morgan fingerprint density at radius 2 is 1.69 bits per heavy atom. The minimum absolute atomic E-state index is 0.163. The van der Waals surface area contributed by atoms with Crippen molar-refractivity contribution in [1.82, 2.24) is 0 Å². The third-order valence-corrected chi connectivity index (χ3v) is 5.08. The Hall–Kier alpha value is -2.30. The normalized spacial score (nSPS) is 18.6. The molecule has 0 spiro atoms. The van der Waals surface area contributed by atoms with Gasteiger partial charge in [0, 0.05) is 23.3 Å². The van der Waals surface area contributed by atoms with Gasteiger partial charge < -0.3 is 13.9 Å². The summed E-state index contributed by atoms with van der Waals surface area (Å²) in [6, 6.07) is 7.73. The van der Waals surface area contributed by atoms with Crippen molar-refractivity contribution in [3.63, 3.8) is 0 Å². The quantitative estimate of drug-likeness (QED) is 0.604. The summed E-state index contributed by atoms with van der Waals surface area (Å²) in [6.07, 6.45) is 0.163. The Labute approximate surface area is 153 Å². The van der Waals surface area contributed by atoms with E-state index in [2.05, 4.69) is 0 Å². The molecule has 2 aromatic rings. The molecule has 3 rings (SSSR count). The molecule has 0 N–H and O–H groups in total. The van der Waals surface area contributed by atoms with E-state index in [1.54, 1.807) is 13.8 Å². The summed E-state index contributed by atoms with van der Waals surface area (Å²) in [6.45, 7) is 9.98. The Balaban J connectivity index is 2.26. The minimum Gasteiger partial charge on any atom is -0.465 e. The molecule has 0 saturated heterocycles. The zero-order valence-electron chi connectivity index (χ0n) is 16.0. The molecular formula is C21H26O5. The highest BCUT2D eigenvalue weighted by Crippen LogP contribution is 2.59. The van der Waals surface area contributed by atoms with E-state index in [0.717, 1.165) is 16.5 Å². The molecule has 1 aliphatic rings. The van der Waals surface area contributed by atoms with E-state index in [1.807, 2.05) is 45.0 Å². The first kappa shape index (κ1) is 18.5. The highest BCUT2D eigenvalue weighted by atomic mass is 16.6. The second-order valence-electron chi connectivity index (χ2n) is 7.82. The number of ether oxygens (including phenoxy) is 2. The fourth-order valence-corrected chi connectivity index (χ4v) is 4.32. The molecule has 0 saturated carbocycles. The van der Waals surface area contributed by atoms with Gasteiger partial charge in [0.25, 0.3) is 0 Å². The van der Waals surface area contributed by atoms with Gasteiger partial charge in [-0.25, -0.2) is 0 Å². The number of fused-ring (bicyclic) bond motifs is 3. The minimum atomic E-state index is -1.41. The lowest BCUT2D eigenvalue weighted by Crippen LogP contribution is -2.49. The van der Waals surface area contributed by atoms with E-state index < -0.39 is 23.3 Å². The van der Waals surface area contributed by atoms with Gasteiger partial charge >= 0.3 is 11.9 Å². The van der Waals surface area contributed by atoms with E-state index >= 15 is 0 Å². The number of hydrogen-bond acceptors (Lipinski definition) is 5. The van der Waals surface area contributed by atoms with Crippen LogP contribution in [0.3, 0.4) is 0 Å². The zero-order valence-corrected chi connectivity index (χ0v) is 16.0. The van der Waals surface area contributed by atoms with Crippen LogP contribution in [0.25, 0.3) is 11.0 Å². The Bertz CT molecular complexity index is 822. The molecule has 1 aromatic heterocycles. The maximum absolute atomic E-state index is 13.1. The molecular weight excluding hydrogens is 332 g/mol. The number of benzene rings is 1. The fraction of sp³-hybridized carbons (Fsp3) is 0.524. The van der Waals surface area contributed by atoms with Crippen LogP contribution in [0.15, 0.2) is 28.7 Å². The lowest BCUT2D eigenvalue weighted by Gasteiger charge is -2.39. The van der Waals surface area contributed by atoms with Crippen LogP contribution in [0.4, 0.5) is 0 Å². The van der Waals surface area contributed by atoms with Gasteiger partial charge in [0.05, 0.1) is 13.2 Å². The van der Waals surface area contributed by atoms with Crippen molar-refractivity contribution in [3.05, 3.63) is 35.6 Å². The topological polar surface area (TPSA) is 65.7 Å².